The zero-order valence-corrected chi connectivity index (χ0v) is 13.4. The lowest BCUT2D eigenvalue weighted by Crippen LogP contribution is -2.43. The van der Waals surface area contributed by atoms with Gasteiger partial charge in [0, 0.05) is 13.0 Å². The van der Waals surface area contributed by atoms with Gasteiger partial charge < -0.3 is 15.2 Å². The quantitative estimate of drug-likeness (QED) is 0.766. The van der Waals surface area contributed by atoms with Gasteiger partial charge in [0.25, 0.3) is 0 Å². The Kier molecular flexibility index (Phi) is 5.41. The summed E-state index contributed by atoms with van der Waals surface area (Å²) < 4.78 is 5.10. The van der Waals surface area contributed by atoms with Crippen molar-refractivity contribution in [2.45, 2.75) is 18.9 Å². The number of hydrogen-bond donors (Lipinski definition) is 3. The van der Waals surface area contributed by atoms with Gasteiger partial charge in [0.1, 0.15) is 5.75 Å². The normalized spacial score (nSPS) is 13.2. The van der Waals surface area contributed by atoms with Crippen molar-refractivity contribution in [2.24, 2.45) is 0 Å². The minimum atomic E-state index is -1.03. The van der Waals surface area contributed by atoms with Gasteiger partial charge in [-0.05, 0) is 42.1 Å². The maximum atomic E-state index is 11.7. The first-order valence-electron chi connectivity index (χ1n) is 6.92. The number of methoxy groups -OCH3 is 1. The minimum absolute atomic E-state index is 0.163. The second-order valence-electron chi connectivity index (χ2n) is 5.31. The molecule has 2 rings (SSSR count). The van der Waals surface area contributed by atoms with Crippen molar-refractivity contribution < 1.29 is 14.6 Å². The summed E-state index contributed by atoms with van der Waals surface area (Å²) in [5, 5.41) is 18.5. The highest BCUT2D eigenvalue weighted by molar-refractivity contribution is 7.14. The van der Waals surface area contributed by atoms with Gasteiger partial charge in [-0.25, -0.2) is 4.79 Å². The van der Waals surface area contributed by atoms with Crippen molar-refractivity contribution >= 4 is 22.4 Å². The zero-order chi connectivity index (χ0) is 16.0. The van der Waals surface area contributed by atoms with Gasteiger partial charge in [0.2, 0.25) is 0 Å². The second-order valence-corrected chi connectivity index (χ2v) is 6.25. The summed E-state index contributed by atoms with van der Waals surface area (Å²) in [5.41, 5.74) is -0.0484. The summed E-state index contributed by atoms with van der Waals surface area (Å²) in [5.74, 6) is 0.775. The lowest BCUT2D eigenvalue weighted by atomic mass is 9.96. The molecule has 22 heavy (non-hydrogen) atoms. The Morgan fingerprint density at radius 1 is 1.32 bits per heavy atom. The fourth-order valence-electron chi connectivity index (χ4n) is 2.02. The molecule has 5 nitrogen and oxygen atoms in total. The number of carbonyl (C=O) groups is 1. The van der Waals surface area contributed by atoms with E-state index < -0.39 is 5.60 Å². The number of rotatable bonds is 6. The number of ether oxygens (including phenoxy) is 1. The Morgan fingerprint density at radius 3 is 2.64 bits per heavy atom. The van der Waals surface area contributed by atoms with Crippen LogP contribution in [0.4, 0.5) is 9.80 Å². The topological polar surface area (TPSA) is 70.6 Å². The third-order valence-corrected chi connectivity index (χ3v) is 3.92. The Morgan fingerprint density at radius 2 is 2.05 bits per heavy atom. The first-order valence-corrected chi connectivity index (χ1v) is 7.80. The lowest BCUT2D eigenvalue weighted by molar-refractivity contribution is 0.0629. The average Bonchev–Trinajstić information content (AvgIpc) is 2.99. The van der Waals surface area contributed by atoms with E-state index in [1.54, 1.807) is 14.0 Å². The van der Waals surface area contributed by atoms with Crippen LogP contribution < -0.4 is 15.4 Å². The highest BCUT2D eigenvalue weighted by Crippen LogP contribution is 2.17. The predicted octanol–water partition coefficient (Wildman–Crippen LogP) is 2.87. The predicted molar refractivity (Wildman–Crippen MR) is 88.7 cm³/mol. The van der Waals surface area contributed by atoms with E-state index in [4.69, 9.17) is 4.74 Å². The van der Waals surface area contributed by atoms with Crippen LogP contribution in [0.5, 0.6) is 5.75 Å². The fraction of sp³-hybridized carbons (Fsp3) is 0.312. The van der Waals surface area contributed by atoms with Gasteiger partial charge in [-0.15, -0.1) is 11.3 Å². The SMILES string of the molecule is COc1ccc(C[C@](C)(O)CNC(=O)Nc2cccs2)cc1. The Labute approximate surface area is 133 Å². The van der Waals surface area contributed by atoms with Gasteiger partial charge in [-0.3, -0.25) is 5.32 Å². The molecule has 0 fully saturated rings. The number of carbonyl (C=O) groups excluding carboxylic acids is 1. The number of thiophene rings is 1. The van der Waals surface area contributed by atoms with Crippen LogP contribution in [0.1, 0.15) is 12.5 Å². The number of hydrogen-bond acceptors (Lipinski definition) is 4. The zero-order valence-electron chi connectivity index (χ0n) is 12.6. The number of amides is 2. The molecule has 2 amide bonds. The molecule has 0 aliphatic rings. The van der Waals surface area contributed by atoms with Crippen LogP contribution in [0, 0.1) is 0 Å². The smallest absolute Gasteiger partial charge is 0.319 e. The number of anilines is 1. The Hall–Kier alpha value is -2.05. The molecule has 3 N–H and O–H groups in total. The molecule has 0 bridgehead atoms. The van der Waals surface area contributed by atoms with E-state index in [0.717, 1.165) is 16.3 Å². The van der Waals surface area contributed by atoms with Gasteiger partial charge in [-0.1, -0.05) is 12.1 Å². The van der Waals surface area contributed by atoms with E-state index in [9.17, 15) is 9.90 Å². The molecule has 2 aromatic rings. The van der Waals surface area contributed by atoms with Crippen molar-refractivity contribution in [2.75, 3.05) is 19.0 Å². The summed E-state index contributed by atoms with van der Waals surface area (Å²) >= 11 is 1.44. The monoisotopic (exact) mass is 320 g/mol. The van der Waals surface area contributed by atoms with Gasteiger partial charge in [-0.2, -0.15) is 0 Å². The first kappa shape index (κ1) is 16.3. The highest BCUT2D eigenvalue weighted by Gasteiger charge is 2.22. The van der Waals surface area contributed by atoms with Crippen molar-refractivity contribution in [3.8, 4) is 5.75 Å². The molecule has 1 heterocycles. The van der Waals surface area contributed by atoms with Crippen molar-refractivity contribution in [3.05, 3.63) is 47.3 Å². The average molecular weight is 320 g/mol. The van der Waals surface area contributed by atoms with Crippen molar-refractivity contribution in [1.82, 2.24) is 5.32 Å². The van der Waals surface area contributed by atoms with Crippen molar-refractivity contribution in [3.63, 3.8) is 0 Å². The maximum absolute atomic E-state index is 11.7. The van der Waals surface area contributed by atoms with Crippen LogP contribution in [-0.4, -0.2) is 30.4 Å². The largest absolute Gasteiger partial charge is 0.497 e. The summed E-state index contributed by atoms with van der Waals surface area (Å²) in [7, 11) is 1.61. The van der Waals surface area contributed by atoms with Gasteiger partial charge in [0.15, 0.2) is 0 Å². The van der Waals surface area contributed by atoms with E-state index in [0.29, 0.717) is 6.42 Å². The molecular formula is C16H20N2O3S. The van der Waals surface area contributed by atoms with Crippen LogP contribution in [0.25, 0.3) is 0 Å². The summed E-state index contributed by atoms with van der Waals surface area (Å²) in [6.45, 7) is 1.86. The standard InChI is InChI=1S/C16H20N2O3S/c1-16(20,10-12-5-7-13(21-2)8-6-12)11-17-15(19)18-14-4-3-9-22-14/h3-9,20H,10-11H2,1-2H3,(H2,17,18,19)/t16-/m0/s1. The van der Waals surface area contributed by atoms with Gasteiger partial charge >= 0.3 is 6.03 Å². The maximum Gasteiger partial charge on any atom is 0.319 e. The molecule has 1 aromatic heterocycles. The summed E-state index contributed by atoms with van der Waals surface area (Å²) in [6.07, 6.45) is 0.441. The fourth-order valence-corrected chi connectivity index (χ4v) is 2.63. The van der Waals surface area contributed by atoms with Crippen LogP contribution in [0.15, 0.2) is 41.8 Å². The lowest BCUT2D eigenvalue weighted by Gasteiger charge is -2.24. The molecule has 118 valence electrons. The number of benzene rings is 1. The first-order chi connectivity index (χ1) is 10.5. The Balaban J connectivity index is 1.83. The molecular weight excluding hydrogens is 300 g/mol. The van der Waals surface area contributed by atoms with Crippen LogP contribution in [0.3, 0.4) is 0 Å². The van der Waals surface area contributed by atoms with E-state index in [1.165, 1.54) is 11.3 Å². The van der Waals surface area contributed by atoms with Gasteiger partial charge in [0.05, 0.1) is 17.7 Å². The van der Waals surface area contributed by atoms with Crippen LogP contribution >= 0.6 is 11.3 Å². The molecule has 0 aliphatic carbocycles. The minimum Gasteiger partial charge on any atom is -0.497 e. The number of aliphatic hydroxyl groups is 1. The molecule has 1 aromatic carbocycles. The van der Waals surface area contributed by atoms with E-state index >= 15 is 0 Å². The molecule has 0 spiro atoms. The molecule has 0 saturated heterocycles. The van der Waals surface area contributed by atoms with Crippen molar-refractivity contribution in [1.29, 1.82) is 0 Å². The van der Waals surface area contributed by atoms with E-state index in [2.05, 4.69) is 10.6 Å². The molecule has 1 atom stereocenters. The summed E-state index contributed by atoms with van der Waals surface area (Å²) in [4.78, 5) is 11.7. The summed E-state index contributed by atoms with van der Waals surface area (Å²) in [6, 6.07) is 10.9. The third kappa shape index (κ3) is 5.05. The van der Waals surface area contributed by atoms with Crippen LogP contribution in [-0.2, 0) is 6.42 Å². The number of urea groups is 1. The highest BCUT2D eigenvalue weighted by atomic mass is 32.1. The molecule has 0 unspecified atom stereocenters. The van der Waals surface area contributed by atoms with E-state index in [1.807, 2.05) is 41.8 Å². The third-order valence-electron chi connectivity index (χ3n) is 3.13. The Bertz CT molecular complexity index is 594. The molecule has 6 heteroatoms. The molecule has 0 radical (unpaired) electrons. The molecule has 0 aliphatic heterocycles. The van der Waals surface area contributed by atoms with Crippen LogP contribution in [0.2, 0.25) is 0 Å². The second kappa shape index (κ2) is 7.29. The molecule has 0 saturated carbocycles. The number of nitrogens with one attached hydrogen (secondary N) is 2. The van der Waals surface area contributed by atoms with E-state index in [-0.39, 0.29) is 12.6 Å².